The zero-order valence-electron chi connectivity index (χ0n) is 18.8. The molecule has 0 aromatic heterocycles. The molecule has 1 saturated heterocycles. The van der Waals surface area contributed by atoms with Crippen LogP contribution >= 0.6 is 0 Å². The molecular weight excluding hydrogens is 404 g/mol. The summed E-state index contributed by atoms with van der Waals surface area (Å²) in [6, 6.07) is 14.3. The fourth-order valence-electron chi connectivity index (χ4n) is 3.64. The molecular formula is C25H32N4O3. The van der Waals surface area contributed by atoms with Crippen molar-refractivity contribution in [2.24, 2.45) is 5.92 Å². The number of benzene rings is 2. The van der Waals surface area contributed by atoms with Gasteiger partial charge in [-0.25, -0.2) is 0 Å². The van der Waals surface area contributed by atoms with Gasteiger partial charge in [-0.2, -0.15) is 0 Å². The first-order valence-electron chi connectivity index (χ1n) is 11.3. The Morgan fingerprint density at radius 1 is 0.906 bits per heavy atom. The summed E-state index contributed by atoms with van der Waals surface area (Å²) in [7, 11) is 0. The highest BCUT2D eigenvalue weighted by molar-refractivity contribution is 5.97. The summed E-state index contributed by atoms with van der Waals surface area (Å²) >= 11 is 0. The van der Waals surface area contributed by atoms with E-state index in [2.05, 4.69) is 22.9 Å². The number of carbonyl (C=O) groups is 3. The van der Waals surface area contributed by atoms with Gasteiger partial charge in [0.15, 0.2) is 0 Å². The van der Waals surface area contributed by atoms with Crippen molar-refractivity contribution in [3.05, 3.63) is 54.1 Å². The van der Waals surface area contributed by atoms with E-state index in [0.29, 0.717) is 29.3 Å². The molecule has 3 amide bonds. The maximum Gasteiger partial charge on any atom is 0.253 e. The average molecular weight is 437 g/mol. The van der Waals surface area contributed by atoms with Crippen molar-refractivity contribution in [1.29, 1.82) is 0 Å². The molecule has 0 radical (unpaired) electrons. The Labute approximate surface area is 189 Å². The quantitative estimate of drug-likeness (QED) is 0.574. The van der Waals surface area contributed by atoms with Crippen LogP contribution in [0, 0.1) is 5.92 Å². The molecule has 3 N–H and O–H groups in total. The minimum absolute atomic E-state index is 0.0285. The van der Waals surface area contributed by atoms with Crippen LogP contribution in [0.2, 0.25) is 0 Å². The molecule has 32 heavy (non-hydrogen) atoms. The third-order valence-electron chi connectivity index (χ3n) is 5.56. The van der Waals surface area contributed by atoms with Gasteiger partial charge in [0.05, 0.1) is 6.54 Å². The molecule has 170 valence electrons. The molecule has 0 atom stereocenters. The van der Waals surface area contributed by atoms with Crippen LogP contribution in [0.1, 0.15) is 49.9 Å². The molecule has 1 aliphatic heterocycles. The maximum absolute atomic E-state index is 12.6. The van der Waals surface area contributed by atoms with E-state index < -0.39 is 0 Å². The second kappa shape index (κ2) is 11.3. The van der Waals surface area contributed by atoms with E-state index in [0.717, 1.165) is 38.0 Å². The summed E-state index contributed by atoms with van der Waals surface area (Å²) in [6.07, 6.45) is 3.35. The van der Waals surface area contributed by atoms with Gasteiger partial charge in [-0.3, -0.25) is 14.4 Å². The molecule has 7 heteroatoms. The van der Waals surface area contributed by atoms with E-state index in [4.69, 9.17) is 0 Å². The van der Waals surface area contributed by atoms with Crippen LogP contribution in [0.25, 0.3) is 0 Å². The standard InChI is InChI=1S/C25H32N4O3/c1-3-5-23(30)28-22-7-4-6-21(16-22)26-17-24(31)27-20-10-8-19(9-11-20)25(32)29-14-12-18(2)13-15-29/h4,6-11,16,18,26H,3,5,12-15,17H2,1-2H3,(H,27,31)(H,28,30). The van der Waals surface area contributed by atoms with E-state index in [9.17, 15) is 14.4 Å². The molecule has 2 aromatic rings. The maximum atomic E-state index is 12.6. The van der Waals surface area contributed by atoms with Crippen molar-refractivity contribution >= 4 is 34.8 Å². The zero-order valence-corrected chi connectivity index (χ0v) is 18.8. The number of hydrogen-bond donors (Lipinski definition) is 3. The highest BCUT2D eigenvalue weighted by Crippen LogP contribution is 2.19. The predicted octanol–water partition coefficient (Wildman–Crippen LogP) is 4.35. The second-order valence-corrected chi connectivity index (χ2v) is 8.33. The number of nitrogens with one attached hydrogen (secondary N) is 3. The van der Waals surface area contributed by atoms with Gasteiger partial charge in [-0.15, -0.1) is 0 Å². The Balaban J connectivity index is 1.48. The molecule has 0 spiro atoms. The fraction of sp³-hybridized carbons (Fsp3) is 0.400. The molecule has 2 aromatic carbocycles. The minimum Gasteiger partial charge on any atom is -0.376 e. The Bertz CT molecular complexity index is 934. The monoisotopic (exact) mass is 436 g/mol. The lowest BCUT2D eigenvalue weighted by atomic mass is 9.98. The normalized spacial score (nSPS) is 14.0. The third-order valence-corrected chi connectivity index (χ3v) is 5.56. The second-order valence-electron chi connectivity index (χ2n) is 8.33. The van der Waals surface area contributed by atoms with E-state index >= 15 is 0 Å². The number of carbonyl (C=O) groups excluding carboxylic acids is 3. The summed E-state index contributed by atoms with van der Waals surface area (Å²) in [5, 5.41) is 8.73. The SMILES string of the molecule is CCCC(=O)Nc1cccc(NCC(=O)Nc2ccc(C(=O)N3CCC(C)CC3)cc2)c1. The number of anilines is 3. The van der Waals surface area contributed by atoms with Crippen molar-refractivity contribution < 1.29 is 14.4 Å². The van der Waals surface area contributed by atoms with Crippen LogP contribution in [0.3, 0.4) is 0 Å². The van der Waals surface area contributed by atoms with Gasteiger partial charge in [0, 0.05) is 42.1 Å². The highest BCUT2D eigenvalue weighted by Gasteiger charge is 2.21. The molecule has 3 rings (SSSR count). The number of amides is 3. The van der Waals surface area contributed by atoms with Gasteiger partial charge in [0.1, 0.15) is 0 Å². The lowest BCUT2D eigenvalue weighted by molar-refractivity contribution is -0.116. The first-order valence-corrected chi connectivity index (χ1v) is 11.3. The lowest BCUT2D eigenvalue weighted by Crippen LogP contribution is -2.37. The fourth-order valence-corrected chi connectivity index (χ4v) is 3.64. The molecule has 0 bridgehead atoms. The van der Waals surface area contributed by atoms with Crippen molar-refractivity contribution in [2.75, 3.05) is 35.6 Å². The number of nitrogens with zero attached hydrogens (tertiary/aromatic N) is 1. The number of piperidine rings is 1. The molecule has 0 unspecified atom stereocenters. The number of rotatable bonds is 8. The topological polar surface area (TPSA) is 90.5 Å². The van der Waals surface area contributed by atoms with E-state index in [-0.39, 0.29) is 24.3 Å². The Kier molecular flexibility index (Phi) is 8.25. The Hall–Kier alpha value is -3.35. The summed E-state index contributed by atoms with van der Waals surface area (Å²) in [4.78, 5) is 38.6. The lowest BCUT2D eigenvalue weighted by Gasteiger charge is -2.30. The zero-order chi connectivity index (χ0) is 22.9. The van der Waals surface area contributed by atoms with Crippen molar-refractivity contribution in [3.63, 3.8) is 0 Å². The Morgan fingerprint density at radius 3 is 2.25 bits per heavy atom. The largest absolute Gasteiger partial charge is 0.376 e. The van der Waals surface area contributed by atoms with Crippen LogP contribution < -0.4 is 16.0 Å². The van der Waals surface area contributed by atoms with Crippen molar-refractivity contribution in [2.45, 2.75) is 39.5 Å². The first-order chi connectivity index (χ1) is 15.4. The van der Waals surface area contributed by atoms with Gasteiger partial charge in [0.2, 0.25) is 11.8 Å². The number of hydrogen-bond acceptors (Lipinski definition) is 4. The first kappa shape index (κ1) is 23.3. The summed E-state index contributed by atoms with van der Waals surface area (Å²) in [5.41, 5.74) is 2.71. The minimum atomic E-state index is -0.200. The number of likely N-dealkylation sites (tertiary alicyclic amines) is 1. The van der Waals surface area contributed by atoms with E-state index in [1.807, 2.05) is 30.0 Å². The van der Waals surface area contributed by atoms with Crippen molar-refractivity contribution in [1.82, 2.24) is 4.90 Å². The predicted molar refractivity (Wildman–Crippen MR) is 128 cm³/mol. The third kappa shape index (κ3) is 6.83. The van der Waals surface area contributed by atoms with Gasteiger partial charge >= 0.3 is 0 Å². The molecule has 1 aliphatic rings. The molecule has 1 fully saturated rings. The Morgan fingerprint density at radius 2 is 1.56 bits per heavy atom. The molecule has 0 saturated carbocycles. The van der Waals surface area contributed by atoms with Crippen LogP contribution in [-0.2, 0) is 9.59 Å². The van der Waals surface area contributed by atoms with Gasteiger partial charge < -0.3 is 20.9 Å². The van der Waals surface area contributed by atoms with Crippen LogP contribution in [0.5, 0.6) is 0 Å². The van der Waals surface area contributed by atoms with Gasteiger partial charge in [-0.1, -0.05) is 19.9 Å². The van der Waals surface area contributed by atoms with Crippen LogP contribution in [0.15, 0.2) is 48.5 Å². The van der Waals surface area contributed by atoms with Crippen LogP contribution in [0.4, 0.5) is 17.1 Å². The highest BCUT2D eigenvalue weighted by atomic mass is 16.2. The molecule has 7 nitrogen and oxygen atoms in total. The molecule has 0 aliphatic carbocycles. The van der Waals surface area contributed by atoms with Gasteiger partial charge in [-0.05, 0) is 67.6 Å². The smallest absolute Gasteiger partial charge is 0.253 e. The summed E-state index contributed by atoms with van der Waals surface area (Å²) in [6.45, 7) is 5.85. The average Bonchev–Trinajstić information content (AvgIpc) is 2.79. The molecule has 1 heterocycles. The summed E-state index contributed by atoms with van der Waals surface area (Å²) < 4.78 is 0. The van der Waals surface area contributed by atoms with Gasteiger partial charge in [0.25, 0.3) is 5.91 Å². The summed E-state index contributed by atoms with van der Waals surface area (Å²) in [5.74, 6) is 0.489. The van der Waals surface area contributed by atoms with E-state index in [1.165, 1.54) is 0 Å². The van der Waals surface area contributed by atoms with Crippen molar-refractivity contribution in [3.8, 4) is 0 Å². The van der Waals surface area contributed by atoms with E-state index in [1.54, 1.807) is 30.3 Å². The van der Waals surface area contributed by atoms with Crippen LogP contribution in [-0.4, -0.2) is 42.3 Å².